The SMILES string of the molecule is CCN(Cc1cc(CNC)sc1C)c1ccc(C)cc1. The summed E-state index contributed by atoms with van der Waals surface area (Å²) in [6.07, 6.45) is 0. The van der Waals surface area contributed by atoms with Gasteiger partial charge in [-0.25, -0.2) is 0 Å². The fourth-order valence-corrected chi connectivity index (χ4v) is 3.42. The Hall–Kier alpha value is -1.32. The van der Waals surface area contributed by atoms with Crippen LogP contribution in [-0.4, -0.2) is 13.6 Å². The molecule has 3 heteroatoms. The first-order valence-electron chi connectivity index (χ1n) is 7.18. The highest BCUT2D eigenvalue weighted by Gasteiger charge is 2.10. The largest absolute Gasteiger partial charge is 0.367 e. The summed E-state index contributed by atoms with van der Waals surface area (Å²) in [6.45, 7) is 9.55. The average Bonchev–Trinajstić information content (AvgIpc) is 2.78. The fraction of sp³-hybridized carbons (Fsp3) is 0.412. The van der Waals surface area contributed by atoms with Crippen LogP contribution in [0.2, 0.25) is 0 Å². The van der Waals surface area contributed by atoms with Gasteiger partial charge in [0.1, 0.15) is 0 Å². The molecule has 0 spiro atoms. The zero-order chi connectivity index (χ0) is 14.5. The van der Waals surface area contributed by atoms with E-state index in [1.165, 1.54) is 26.6 Å². The van der Waals surface area contributed by atoms with Crippen molar-refractivity contribution in [1.82, 2.24) is 5.32 Å². The summed E-state index contributed by atoms with van der Waals surface area (Å²) < 4.78 is 0. The molecule has 0 amide bonds. The number of thiophene rings is 1. The minimum atomic E-state index is 0.960. The molecular weight excluding hydrogens is 264 g/mol. The molecule has 1 aromatic carbocycles. The predicted molar refractivity (Wildman–Crippen MR) is 89.7 cm³/mol. The van der Waals surface area contributed by atoms with Gasteiger partial charge in [-0.05, 0) is 51.6 Å². The van der Waals surface area contributed by atoms with Crippen molar-refractivity contribution in [1.29, 1.82) is 0 Å². The molecule has 2 nitrogen and oxygen atoms in total. The Labute approximate surface area is 126 Å². The molecule has 0 unspecified atom stereocenters. The van der Waals surface area contributed by atoms with Crippen molar-refractivity contribution in [3.63, 3.8) is 0 Å². The van der Waals surface area contributed by atoms with E-state index in [0.29, 0.717) is 0 Å². The molecule has 0 aliphatic carbocycles. The van der Waals surface area contributed by atoms with E-state index in [2.05, 4.69) is 61.3 Å². The van der Waals surface area contributed by atoms with Gasteiger partial charge in [0.2, 0.25) is 0 Å². The Morgan fingerprint density at radius 3 is 2.45 bits per heavy atom. The van der Waals surface area contributed by atoms with E-state index in [1.54, 1.807) is 0 Å². The summed E-state index contributed by atoms with van der Waals surface area (Å²) in [5, 5.41) is 3.23. The van der Waals surface area contributed by atoms with Crippen molar-refractivity contribution in [2.75, 3.05) is 18.5 Å². The molecule has 1 N–H and O–H groups in total. The van der Waals surface area contributed by atoms with Crippen LogP contribution in [0.5, 0.6) is 0 Å². The second-order valence-corrected chi connectivity index (χ2v) is 6.52. The lowest BCUT2D eigenvalue weighted by molar-refractivity contribution is 0.818. The maximum atomic E-state index is 3.23. The van der Waals surface area contributed by atoms with Gasteiger partial charge in [0.05, 0.1) is 0 Å². The second kappa shape index (κ2) is 6.91. The molecule has 1 aromatic heterocycles. The molecule has 20 heavy (non-hydrogen) atoms. The normalized spacial score (nSPS) is 10.8. The van der Waals surface area contributed by atoms with E-state index in [-0.39, 0.29) is 0 Å². The van der Waals surface area contributed by atoms with E-state index in [9.17, 15) is 0 Å². The first-order chi connectivity index (χ1) is 9.63. The molecule has 0 fully saturated rings. The lowest BCUT2D eigenvalue weighted by Gasteiger charge is -2.23. The van der Waals surface area contributed by atoms with Crippen LogP contribution in [-0.2, 0) is 13.1 Å². The molecule has 2 aromatic rings. The summed E-state index contributed by atoms with van der Waals surface area (Å²) in [5.41, 5.74) is 4.06. The van der Waals surface area contributed by atoms with E-state index >= 15 is 0 Å². The summed E-state index contributed by atoms with van der Waals surface area (Å²) in [4.78, 5) is 5.28. The Balaban J connectivity index is 2.15. The highest BCUT2D eigenvalue weighted by atomic mass is 32.1. The van der Waals surface area contributed by atoms with Gasteiger partial charge in [-0.2, -0.15) is 0 Å². The number of hydrogen-bond donors (Lipinski definition) is 1. The summed E-state index contributed by atoms with van der Waals surface area (Å²) in [7, 11) is 2.00. The van der Waals surface area contributed by atoms with Gasteiger partial charge < -0.3 is 10.2 Å². The average molecular weight is 288 g/mol. The molecule has 0 saturated carbocycles. The van der Waals surface area contributed by atoms with Gasteiger partial charge in [-0.1, -0.05) is 17.7 Å². The smallest absolute Gasteiger partial charge is 0.0440 e. The van der Waals surface area contributed by atoms with Crippen LogP contribution in [0.15, 0.2) is 30.3 Å². The van der Waals surface area contributed by atoms with Crippen LogP contribution in [0, 0.1) is 13.8 Å². The first-order valence-corrected chi connectivity index (χ1v) is 8.00. The zero-order valence-electron chi connectivity index (χ0n) is 12.9. The monoisotopic (exact) mass is 288 g/mol. The first kappa shape index (κ1) is 15.1. The molecule has 1 heterocycles. The molecule has 0 aliphatic heterocycles. The molecule has 0 saturated heterocycles. The standard InChI is InChI=1S/C17H24N2S/c1-5-19(16-8-6-13(2)7-9-16)12-15-10-17(11-18-4)20-14(15)3/h6-10,18H,5,11-12H2,1-4H3. The highest BCUT2D eigenvalue weighted by molar-refractivity contribution is 7.12. The number of rotatable bonds is 6. The molecular formula is C17H24N2S. The number of benzene rings is 1. The third kappa shape index (κ3) is 3.62. The van der Waals surface area contributed by atoms with Gasteiger partial charge >= 0.3 is 0 Å². The molecule has 0 radical (unpaired) electrons. The van der Waals surface area contributed by atoms with Gasteiger partial charge in [0.25, 0.3) is 0 Å². The maximum Gasteiger partial charge on any atom is 0.0440 e. The molecule has 2 rings (SSSR count). The summed E-state index contributed by atoms with van der Waals surface area (Å²) in [6, 6.07) is 11.1. The number of hydrogen-bond acceptors (Lipinski definition) is 3. The summed E-state index contributed by atoms with van der Waals surface area (Å²) >= 11 is 1.90. The molecule has 108 valence electrons. The van der Waals surface area contributed by atoms with E-state index in [4.69, 9.17) is 0 Å². The third-order valence-corrected chi connectivity index (χ3v) is 4.66. The quantitative estimate of drug-likeness (QED) is 0.860. The van der Waals surface area contributed by atoms with Crippen molar-refractivity contribution in [3.05, 3.63) is 51.2 Å². The maximum absolute atomic E-state index is 3.23. The van der Waals surface area contributed by atoms with Crippen molar-refractivity contribution < 1.29 is 0 Å². The van der Waals surface area contributed by atoms with Crippen LogP contribution in [0.3, 0.4) is 0 Å². The Bertz CT molecular complexity index is 543. The van der Waals surface area contributed by atoms with Crippen LogP contribution in [0.4, 0.5) is 5.69 Å². The minimum Gasteiger partial charge on any atom is -0.367 e. The number of nitrogens with one attached hydrogen (secondary N) is 1. The van der Waals surface area contributed by atoms with Gasteiger partial charge in [-0.3, -0.25) is 0 Å². The van der Waals surface area contributed by atoms with Gasteiger partial charge in [0.15, 0.2) is 0 Å². The second-order valence-electron chi connectivity index (χ2n) is 5.17. The van der Waals surface area contributed by atoms with E-state index in [1.807, 2.05) is 18.4 Å². The Kier molecular flexibility index (Phi) is 5.21. The van der Waals surface area contributed by atoms with Crippen molar-refractivity contribution >= 4 is 17.0 Å². The van der Waals surface area contributed by atoms with Crippen LogP contribution in [0.25, 0.3) is 0 Å². The zero-order valence-corrected chi connectivity index (χ0v) is 13.7. The lowest BCUT2D eigenvalue weighted by Crippen LogP contribution is -2.22. The number of nitrogens with zero attached hydrogens (tertiary/aromatic N) is 1. The molecule has 0 atom stereocenters. The fourth-order valence-electron chi connectivity index (χ4n) is 2.35. The van der Waals surface area contributed by atoms with Crippen molar-refractivity contribution in [2.45, 2.75) is 33.9 Å². The lowest BCUT2D eigenvalue weighted by atomic mass is 10.2. The van der Waals surface area contributed by atoms with Crippen molar-refractivity contribution in [3.8, 4) is 0 Å². The minimum absolute atomic E-state index is 0.960. The Morgan fingerprint density at radius 2 is 1.85 bits per heavy atom. The van der Waals surface area contributed by atoms with E-state index in [0.717, 1.165) is 19.6 Å². The number of aryl methyl sites for hydroxylation is 2. The summed E-state index contributed by atoms with van der Waals surface area (Å²) in [5.74, 6) is 0. The predicted octanol–water partition coefficient (Wildman–Crippen LogP) is 4.11. The molecule has 0 bridgehead atoms. The van der Waals surface area contributed by atoms with Crippen LogP contribution >= 0.6 is 11.3 Å². The van der Waals surface area contributed by atoms with E-state index < -0.39 is 0 Å². The topological polar surface area (TPSA) is 15.3 Å². The third-order valence-electron chi connectivity index (χ3n) is 3.56. The van der Waals surface area contributed by atoms with Crippen LogP contribution < -0.4 is 10.2 Å². The van der Waals surface area contributed by atoms with Crippen molar-refractivity contribution in [2.24, 2.45) is 0 Å². The molecule has 0 aliphatic rings. The van der Waals surface area contributed by atoms with Gasteiger partial charge in [0, 0.05) is 35.1 Å². The van der Waals surface area contributed by atoms with Gasteiger partial charge in [-0.15, -0.1) is 11.3 Å². The van der Waals surface area contributed by atoms with Crippen LogP contribution in [0.1, 0.15) is 27.8 Å². The highest BCUT2D eigenvalue weighted by Crippen LogP contribution is 2.25. The number of anilines is 1. The Morgan fingerprint density at radius 1 is 1.15 bits per heavy atom.